The first-order valence-corrected chi connectivity index (χ1v) is 8.27. The van der Waals surface area contributed by atoms with Gasteiger partial charge >= 0.3 is 0 Å². The van der Waals surface area contributed by atoms with Crippen molar-refractivity contribution in [2.75, 3.05) is 39.3 Å². The van der Waals surface area contributed by atoms with E-state index in [-0.39, 0.29) is 0 Å². The van der Waals surface area contributed by atoms with Crippen LogP contribution in [0.3, 0.4) is 0 Å². The molecule has 0 spiro atoms. The van der Waals surface area contributed by atoms with Gasteiger partial charge in [0.1, 0.15) is 0 Å². The first kappa shape index (κ1) is 16.5. The lowest BCUT2D eigenvalue weighted by Crippen LogP contribution is -2.35. The normalized spacial score (nSPS) is 19.9. The third-order valence-electron chi connectivity index (χ3n) is 4.23. The second-order valence-electron chi connectivity index (χ2n) is 6.65. The molecule has 2 heterocycles. The smallest absolute Gasteiger partial charge is 0.0764 e. The zero-order valence-electron chi connectivity index (χ0n) is 13.8. The summed E-state index contributed by atoms with van der Waals surface area (Å²) in [6.45, 7) is 14.1. The zero-order valence-corrected chi connectivity index (χ0v) is 13.8. The number of hydrogen-bond acceptors (Lipinski definition) is 4. The largest absolute Gasteiger partial charge is 0.330 e. The van der Waals surface area contributed by atoms with Gasteiger partial charge in [0.2, 0.25) is 0 Å². The van der Waals surface area contributed by atoms with Crippen LogP contribution in [0.2, 0.25) is 0 Å². The van der Waals surface area contributed by atoms with Gasteiger partial charge in [-0.15, -0.1) is 0 Å². The molecule has 0 saturated carbocycles. The highest BCUT2D eigenvalue weighted by molar-refractivity contribution is 4.99. The molecule has 2 rings (SSSR count). The second kappa shape index (κ2) is 7.92. The fraction of sp³-hybridized carbons (Fsp3) is 0.812. The van der Waals surface area contributed by atoms with Crippen LogP contribution < -0.4 is 5.73 Å². The van der Waals surface area contributed by atoms with E-state index in [1.54, 1.807) is 0 Å². The Morgan fingerprint density at radius 1 is 1.14 bits per heavy atom. The first-order valence-electron chi connectivity index (χ1n) is 8.27. The Hall–Kier alpha value is -0.910. The zero-order chi connectivity index (χ0) is 15.2. The molecule has 1 saturated heterocycles. The summed E-state index contributed by atoms with van der Waals surface area (Å²) in [6.07, 6.45) is 3.33. The lowest BCUT2D eigenvalue weighted by molar-refractivity contribution is 0.230. The molecule has 1 unspecified atom stereocenters. The summed E-state index contributed by atoms with van der Waals surface area (Å²) >= 11 is 0. The molecule has 1 fully saturated rings. The Labute approximate surface area is 129 Å². The molecule has 1 aliphatic heterocycles. The number of hydrogen-bond donors (Lipinski definition) is 1. The van der Waals surface area contributed by atoms with Gasteiger partial charge in [0.05, 0.1) is 5.69 Å². The van der Waals surface area contributed by atoms with E-state index in [4.69, 9.17) is 5.73 Å². The highest BCUT2D eigenvalue weighted by atomic mass is 15.3. The quantitative estimate of drug-likeness (QED) is 0.865. The molecular formula is C16H31N5. The fourth-order valence-corrected chi connectivity index (χ4v) is 2.86. The van der Waals surface area contributed by atoms with Crippen molar-refractivity contribution in [2.45, 2.75) is 39.8 Å². The predicted octanol–water partition coefficient (Wildman–Crippen LogP) is 1.57. The Morgan fingerprint density at radius 3 is 2.52 bits per heavy atom. The molecule has 21 heavy (non-hydrogen) atoms. The minimum Gasteiger partial charge on any atom is -0.330 e. The van der Waals surface area contributed by atoms with E-state index in [1.807, 2.05) is 4.68 Å². The Bertz CT molecular complexity index is 415. The second-order valence-corrected chi connectivity index (χ2v) is 6.65. The van der Waals surface area contributed by atoms with E-state index < -0.39 is 0 Å². The maximum atomic E-state index is 5.74. The van der Waals surface area contributed by atoms with E-state index in [0.29, 0.717) is 12.0 Å². The van der Waals surface area contributed by atoms with Crippen molar-refractivity contribution >= 4 is 0 Å². The minimum atomic E-state index is 0.441. The van der Waals surface area contributed by atoms with Gasteiger partial charge in [-0.3, -0.25) is 9.58 Å². The van der Waals surface area contributed by atoms with Gasteiger partial charge in [-0.1, -0.05) is 6.92 Å². The van der Waals surface area contributed by atoms with E-state index in [1.165, 1.54) is 25.2 Å². The number of rotatable bonds is 6. The topological polar surface area (TPSA) is 50.3 Å². The average molecular weight is 293 g/mol. The Kier molecular flexibility index (Phi) is 6.21. The molecule has 2 N–H and O–H groups in total. The highest BCUT2D eigenvalue weighted by Crippen LogP contribution is 2.10. The van der Waals surface area contributed by atoms with Crippen LogP contribution in [-0.2, 0) is 6.54 Å². The molecule has 0 radical (unpaired) electrons. The molecule has 5 heteroatoms. The summed E-state index contributed by atoms with van der Waals surface area (Å²) in [6, 6.07) is 2.59. The summed E-state index contributed by atoms with van der Waals surface area (Å²) in [7, 11) is 0. The summed E-state index contributed by atoms with van der Waals surface area (Å²) in [5.41, 5.74) is 6.92. The van der Waals surface area contributed by atoms with Gasteiger partial charge in [0.25, 0.3) is 0 Å². The lowest BCUT2D eigenvalue weighted by Gasteiger charge is -2.23. The standard InChI is InChI=1S/C16H31N5/c1-14(2)21-8-5-16(18-21)13-20-7-4-6-19(9-10-20)12-15(3)11-17/h5,8,14-15H,4,6-7,9-13,17H2,1-3H3. The molecule has 1 aromatic rings. The highest BCUT2D eigenvalue weighted by Gasteiger charge is 2.17. The molecule has 0 aliphatic carbocycles. The van der Waals surface area contributed by atoms with Crippen molar-refractivity contribution in [1.29, 1.82) is 0 Å². The molecule has 0 aromatic carbocycles. The van der Waals surface area contributed by atoms with Gasteiger partial charge in [0, 0.05) is 38.4 Å². The number of aromatic nitrogens is 2. The Morgan fingerprint density at radius 2 is 1.86 bits per heavy atom. The monoisotopic (exact) mass is 293 g/mol. The molecule has 1 aliphatic rings. The van der Waals surface area contributed by atoms with E-state index in [9.17, 15) is 0 Å². The van der Waals surface area contributed by atoms with Crippen LogP contribution in [0.5, 0.6) is 0 Å². The Balaban J connectivity index is 1.82. The van der Waals surface area contributed by atoms with Gasteiger partial charge in [0.15, 0.2) is 0 Å². The first-order chi connectivity index (χ1) is 10.1. The summed E-state index contributed by atoms with van der Waals surface area (Å²) in [4.78, 5) is 5.09. The number of nitrogens with zero attached hydrogens (tertiary/aromatic N) is 4. The van der Waals surface area contributed by atoms with E-state index >= 15 is 0 Å². The van der Waals surface area contributed by atoms with Crippen molar-refractivity contribution in [3.8, 4) is 0 Å². The summed E-state index contributed by atoms with van der Waals surface area (Å²) in [5.74, 6) is 0.596. The minimum absolute atomic E-state index is 0.441. The average Bonchev–Trinajstić information content (AvgIpc) is 2.82. The molecule has 1 aromatic heterocycles. The maximum Gasteiger partial charge on any atom is 0.0764 e. The van der Waals surface area contributed by atoms with Crippen molar-refractivity contribution in [3.63, 3.8) is 0 Å². The fourth-order valence-electron chi connectivity index (χ4n) is 2.86. The molecule has 0 bridgehead atoms. The molecule has 5 nitrogen and oxygen atoms in total. The SMILES string of the molecule is CC(CN)CN1CCCN(Cc2ccn(C(C)C)n2)CC1. The van der Waals surface area contributed by atoms with Crippen LogP contribution in [0.1, 0.15) is 38.9 Å². The van der Waals surface area contributed by atoms with Crippen molar-refractivity contribution in [3.05, 3.63) is 18.0 Å². The van der Waals surface area contributed by atoms with Gasteiger partial charge < -0.3 is 10.6 Å². The molecular weight excluding hydrogens is 262 g/mol. The predicted molar refractivity (Wildman–Crippen MR) is 87.2 cm³/mol. The third kappa shape index (κ3) is 5.09. The van der Waals surface area contributed by atoms with Crippen LogP contribution >= 0.6 is 0 Å². The van der Waals surface area contributed by atoms with Crippen LogP contribution in [0.25, 0.3) is 0 Å². The number of nitrogens with two attached hydrogens (primary N) is 1. The summed E-state index contributed by atoms with van der Waals surface area (Å²) < 4.78 is 2.04. The van der Waals surface area contributed by atoms with Crippen molar-refractivity contribution < 1.29 is 0 Å². The van der Waals surface area contributed by atoms with Crippen LogP contribution in [-0.4, -0.2) is 58.8 Å². The van der Waals surface area contributed by atoms with Crippen LogP contribution in [0, 0.1) is 5.92 Å². The van der Waals surface area contributed by atoms with Gasteiger partial charge in [-0.05, 0) is 51.9 Å². The van der Waals surface area contributed by atoms with Gasteiger partial charge in [-0.2, -0.15) is 5.10 Å². The molecule has 1 atom stereocenters. The van der Waals surface area contributed by atoms with E-state index in [0.717, 1.165) is 32.7 Å². The molecule has 120 valence electrons. The third-order valence-corrected chi connectivity index (χ3v) is 4.23. The van der Waals surface area contributed by atoms with Crippen LogP contribution in [0.4, 0.5) is 0 Å². The van der Waals surface area contributed by atoms with Crippen LogP contribution in [0.15, 0.2) is 12.3 Å². The van der Waals surface area contributed by atoms with Crippen molar-refractivity contribution in [1.82, 2.24) is 19.6 Å². The summed E-state index contributed by atoms with van der Waals surface area (Å²) in [5, 5.41) is 4.66. The maximum absolute atomic E-state index is 5.74. The van der Waals surface area contributed by atoms with Crippen molar-refractivity contribution in [2.24, 2.45) is 11.7 Å². The van der Waals surface area contributed by atoms with E-state index in [2.05, 4.69) is 47.9 Å². The van der Waals surface area contributed by atoms with Gasteiger partial charge in [-0.25, -0.2) is 0 Å². The lowest BCUT2D eigenvalue weighted by atomic mass is 10.1. The molecule has 0 amide bonds.